The molecule has 0 N–H and O–H groups in total. The number of benzene rings is 2. The highest BCUT2D eigenvalue weighted by Crippen LogP contribution is 2.39. The zero-order chi connectivity index (χ0) is 14.8. The lowest BCUT2D eigenvalue weighted by atomic mass is 9.78. The first-order valence-corrected chi connectivity index (χ1v) is 7.82. The molecule has 0 radical (unpaired) electrons. The summed E-state index contributed by atoms with van der Waals surface area (Å²) in [5, 5.41) is 2.58. The first kappa shape index (κ1) is 14.1. The van der Waals surface area contributed by atoms with Crippen LogP contribution in [-0.4, -0.2) is 12.1 Å². The third-order valence-electron chi connectivity index (χ3n) is 4.58. The first-order valence-electron chi connectivity index (χ1n) is 7.82. The molecule has 21 heavy (non-hydrogen) atoms. The molecule has 0 heterocycles. The molecule has 0 aromatic heterocycles. The van der Waals surface area contributed by atoms with Crippen molar-refractivity contribution in [1.29, 1.82) is 0 Å². The highest BCUT2D eigenvalue weighted by Gasteiger charge is 2.30. The van der Waals surface area contributed by atoms with Gasteiger partial charge in [-0.15, -0.1) is 0 Å². The normalized spacial score (nSPS) is 22.2. The second-order valence-corrected chi connectivity index (χ2v) is 6.06. The van der Waals surface area contributed by atoms with Gasteiger partial charge in [-0.05, 0) is 48.1 Å². The van der Waals surface area contributed by atoms with Gasteiger partial charge in [0.05, 0.1) is 0 Å². The van der Waals surface area contributed by atoms with E-state index in [1.807, 2.05) is 0 Å². The molecule has 1 aliphatic carbocycles. The van der Waals surface area contributed by atoms with Crippen molar-refractivity contribution in [2.75, 3.05) is 0 Å². The van der Waals surface area contributed by atoms with Gasteiger partial charge in [0, 0.05) is 12.8 Å². The van der Waals surface area contributed by atoms with Gasteiger partial charge in [-0.3, -0.25) is 4.79 Å². The molecule has 0 amide bonds. The van der Waals surface area contributed by atoms with E-state index in [2.05, 4.69) is 43.3 Å². The molecule has 0 bridgehead atoms. The number of carbonyl (C=O) groups is 1. The molecule has 2 atom stereocenters. The van der Waals surface area contributed by atoms with E-state index in [0.29, 0.717) is 5.92 Å². The van der Waals surface area contributed by atoms with Crippen LogP contribution in [0.2, 0.25) is 0 Å². The number of aryl methyl sites for hydroxylation is 1. The van der Waals surface area contributed by atoms with Crippen LogP contribution < -0.4 is 0 Å². The minimum Gasteiger partial charge on any atom is -0.462 e. The quantitative estimate of drug-likeness (QED) is 0.744. The van der Waals surface area contributed by atoms with Gasteiger partial charge in [-0.2, -0.15) is 0 Å². The summed E-state index contributed by atoms with van der Waals surface area (Å²) in [6.45, 7) is 3.68. The summed E-state index contributed by atoms with van der Waals surface area (Å²) in [5.74, 6) is 0.165. The molecule has 0 saturated heterocycles. The van der Waals surface area contributed by atoms with E-state index in [9.17, 15) is 4.79 Å². The maximum Gasteiger partial charge on any atom is 0.302 e. The molecule has 2 heteroatoms. The second-order valence-electron chi connectivity index (χ2n) is 6.06. The number of ether oxygens (including phenoxy) is 1. The summed E-state index contributed by atoms with van der Waals surface area (Å²) in [7, 11) is 0. The Labute approximate surface area is 126 Å². The van der Waals surface area contributed by atoms with Crippen LogP contribution in [0.1, 0.15) is 49.7 Å². The average Bonchev–Trinajstić information content (AvgIpc) is 2.48. The standard InChI is InChI=1S/C19H22O2/c1-13-11-12-15-7-3-4-8-16(15)19(13)17-9-5-6-10-18(17)21-14(2)20/h3-4,7-8,11-12,17-18H,5-6,9-10H2,1-2H3/t17-,18+/m1/s1. The van der Waals surface area contributed by atoms with Crippen LogP contribution in [0.5, 0.6) is 0 Å². The van der Waals surface area contributed by atoms with E-state index >= 15 is 0 Å². The summed E-state index contributed by atoms with van der Waals surface area (Å²) in [5.41, 5.74) is 2.68. The Bertz CT molecular complexity index is 660. The molecule has 0 unspecified atom stereocenters. The number of hydrogen-bond donors (Lipinski definition) is 0. The molecule has 3 rings (SSSR count). The molecule has 110 valence electrons. The summed E-state index contributed by atoms with van der Waals surface area (Å²) in [6, 6.07) is 12.9. The lowest BCUT2D eigenvalue weighted by Crippen LogP contribution is -2.28. The fraction of sp³-hybridized carbons (Fsp3) is 0.421. The van der Waals surface area contributed by atoms with E-state index < -0.39 is 0 Å². The summed E-state index contributed by atoms with van der Waals surface area (Å²) < 4.78 is 5.62. The van der Waals surface area contributed by atoms with Gasteiger partial charge in [0.15, 0.2) is 0 Å². The van der Waals surface area contributed by atoms with Crippen LogP contribution in [0.4, 0.5) is 0 Å². The minimum absolute atomic E-state index is 0.0285. The van der Waals surface area contributed by atoms with Crippen molar-refractivity contribution < 1.29 is 9.53 Å². The third-order valence-corrected chi connectivity index (χ3v) is 4.58. The predicted molar refractivity (Wildman–Crippen MR) is 85.4 cm³/mol. The lowest BCUT2D eigenvalue weighted by Gasteiger charge is -2.33. The van der Waals surface area contributed by atoms with Crippen molar-refractivity contribution in [1.82, 2.24) is 0 Å². The van der Waals surface area contributed by atoms with E-state index in [-0.39, 0.29) is 12.1 Å². The van der Waals surface area contributed by atoms with Crippen LogP contribution >= 0.6 is 0 Å². The molecule has 0 spiro atoms. The van der Waals surface area contributed by atoms with Gasteiger partial charge in [0.2, 0.25) is 0 Å². The maximum absolute atomic E-state index is 11.4. The van der Waals surface area contributed by atoms with Gasteiger partial charge >= 0.3 is 5.97 Å². The van der Waals surface area contributed by atoms with E-state index in [0.717, 1.165) is 19.3 Å². The van der Waals surface area contributed by atoms with E-state index in [1.54, 1.807) is 0 Å². The molecule has 1 fully saturated rings. The lowest BCUT2D eigenvalue weighted by molar-refractivity contribution is -0.148. The topological polar surface area (TPSA) is 26.3 Å². The molecular weight excluding hydrogens is 260 g/mol. The molecular formula is C19H22O2. The molecule has 2 aromatic rings. The summed E-state index contributed by atoms with van der Waals surface area (Å²) >= 11 is 0. The van der Waals surface area contributed by atoms with Crippen molar-refractivity contribution in [3.8, 4) is 0 Å². The fourth-order valence-electron chi connectivity index (χ4n) is 3.68. The van der Waals surface area contributed by atoms with Crippen LogP contribution in [0.25, 0.3) is 10.8 Å². The Kier molecular flexibility index (Phi) is 3.96. The van der Waals surface area contributed by atoms with Crippen LogP contribution in [-0.2, 0) is 9.53 Å². The second kappa shape index (κ2) is 5.88. The summed E-state index contributed by atoms with van der Waals surface area (Å²) in [6.07, 6.45) is 4.48. The van der Waals surface area contributed by atoms with Crippen molar-refractivity contribution >= 4 is 16.7 Å². The largest absolute Gasteiger partial charge is 0.462 e. The van der Waals surface area contributed by atoms with Crippen LogP contribution in [0, 0.1) is 6.92 Å². The van der Waals surface area contributed by atoms with E-state index in [1.165, 1.54) is 35.2 Å². The van der Waals surface area contributed by atoms with Crippen molar-refractivity contribution in [2.45, 2.75) is 51.6 Å². The van der Waals surface area contributed by atoms with Crippen LogP contribution in [0.15, 0.2) is 36.4 Å². The molecule has 1 aliphatic rings. The highest BCUT2D eigenvalue weighted by atomic mass is 16.5. The van der Waals surface area contributed by atoms with Gasteiger partial charge in [-0.1, -0.05) is 42.8 Å². The van der Waals surface area contributed by atoms with E-state index in [4.69, 9.17) is 4.74 Å². The third kappa shape index (κ3) is 2.80. The number of esters is 1. The van der Waals surface area contributed by atoms with Gasteiger partial charge in [0.25, 0.3) is 0 Å². The van der Waals surface area contributed by atoms with Crippen molar-refractivity contribution in [3.05, 3.63) is 47.5 Å². The predicted octanol–water partition coefficient (Wildman–Crippen LogP) is 4.74. The Balaban J connectivity index is 2.08. The maximum atomic E-state index is 11.4. The molecule has 2 aromatic carbocycles. The zero-order valence-electron chi connectivity index (χ0n) is 12.8. The zero-order valence-corrected chi connectivity index (χ0v) is 12.8. The van der Waals surface area contributed by atoms with Gasteiger partial charge in [0.1, 0.15) is 6.10 Å². The minimum atomic E-state index is -0.162. The molecule has 0 aliphatic heterocycles. The van der Waals surface area contributed by atoms with Crippen molar-refractivity contribution in [2.24, 2.45) is 0 Å². The van der Waals surface area contributed by atoms with Crippen LogP contribution in [0.3, 0.4) is 0 Å². The Morgan fingerprint density at radius 2 is 1.86 bits per heavy atom. The van der Waals surface area contributed by atoms with Gasteiger partial charge < -0.3 is 4.74 Å². The number of rotatable bonds is 2. The molecule has 1 saturated carbocycles. The fourth-order valence-corrected chi connectivity index (χ4v) is 3.68. The molecule has 2 nitrogen and oxygen atoms in total. The smallest absolute Gasteiger partial charge is 0.302 e. The highest BCUT2D eigenvalue weighted by molar-refractivity contribution is 5.87. The number of fused-ring (bicyclic) bond motifs is 1. The number of carbonyl (C=O) groups excluding carboxylic acids is 1. The Hall–Kier alpha value is -1.83. The SMILES string of the molecule is CC(=O)O[C@H]1CCCC[C@H]1c1c(C)ccc2ccccc12. The summed E-state index contributed by atoms with van der Waals surface area (Å²) in [4.78, 5) is 11.4. The van der Waals surface area contributed by atoms with Gasteiger partial charge in [-0.25, -0.2) is 0 Å². The Morgan fingerprint density at radius 3 is 2.67 bits per heavy atom. The van der Waals surface area contributed by atoms with Crippen molar-refractivity contribution in [3.63, 3.8) is 0 Å². The monoisotopic (exact) mass is 282 g/mol. The average molecular weight is 282 g/mol. The Morgan fingerprint density at radius 1 is 1.10 bits per heavy atom. The first-order chi connectivity index (χ1) is 10.2. The number of hydrogen-bond acceptors (Lipinski definition) is 2.